The van der Waals surface area contributed by atoms with E-state index in [9.17, 15) is 4.79 Å². The van der Waals surface area contributed by atoms with Crippen LogP contribution in [0.3, 0.4) is 0 Å². The van der Waals surface area contributed by atoms with Crippen LogP contribution in [0.5, 0.6) is 11.5 Å². The molecule has 2 aromatic carbocycles. The van der Waals surface area contributed by atoms with Crippen LogP contribution in [0, 0.1) is 0 Å². The summed E-state index contributed by atoms with van der Waals surface area (Å²) < 4.78 is 10.9. The number of likely N-dealkylation sites (N-methyl/N-ethyl adjacent to an activating group) is 1. The lowest BCUT2D eigenvalue weighted by Crippen LogP contribution is -2.31. The monoisotopic (exact) mass is 424 g/mol. The standard InChI is InChI=1S/C21H25ClN2O3.ClH/c1-5-27-20-12-19(26-4)16(11-17(20)22)21(25)23-18-8-6-7-14-13(2)24(3)10-9-15(14)18;/h6-8,11-13H,5,9-10H2,1-4H3,(H,23,25);1H. The van der Waals surface area contributed by atoms with Gasteiger partial charge < -0.3 is 14.8 Å². The average molecular weight is 425 g/mol. The lowest BCUT2D eigenvalue weighted by molar-refractivity contribution is 0.102. The van der Waals surface area contributed by atoms with Gasteiger partial charge in [-0.15, -0.1) is 12.4 Å². The smallest absolute Gasteiger partial charge is 0.259 e. The molecule has 0 aromatic heterocycles. The zero-order valence-corrected chi connectivity index (χ0v) is 18.1. The minimum Gasteiger partial charge on any atom is -0.496 e. The molecule has 0 radical (unpaired) electrons. The Morgan fingerprint density at radius 3 is 2.75 bits per heavy atom. The molecule has 0 fully saturated rings. The van der Waals surface area contributed by atoms with E-state index in [0.717, 1.165) is 18.7 Å². The lowest BCUT2D eigenvalue weighted by Gasteiger charge is -2.33. The minimum absolute atomic E-state index is 0. The van der Waals surface area contributed by atoms with Crippen LogP contribution in [0.15, 0.2) is 30.3 Å². The topological polar surface area (TPSA) is 50.8 Å². The molecule has 0 saturated heterocycles. The first-order chi connectivity index (χ1) is 13.0. The van der Waals surface area contributed by atoms with E-state index < -0.39 is 0 Å². The van der Waals surface area contributed by atoms with Gasteiger partial charge in [0.25, 0.3) is 5.91 Å². The van der Waals surface area contributed by atoms with E-state index in [0.29, 0.717) is 34.7 Å². The number of nitrogens with zero attached hydrogens (tertiary/aromatic N) is 1. The number of rotatable bonds is 5. The molecule has 5 nitrogen and oxygen atoms in total. The van der Waals surface area contributed by atoms with Crippen molar-refractivity contribution in [3.63, 3.8) is 0 Å². The molecule has 0 aliphatic carbocycles. The quantitative estimate of drug-likeness (QED) is 0.735. The van der Waals surface area contributed by atoms with E-state index in [1.165, 1.54) is 18.2 Å². The molecule has 0 saturated carbocycles. The second-order valence-corrected chi connectivity index (χ2v) is 7.06. The van der Waals surface area contributed by atoms with Gasteiger partial charge in [-0.2, -0.15) is 0 Å². The first kappa shape index (κ1) is 22.3. The van der Waals surface area contributed by atoms with Gasteiger partial charge in [0.15, 0.2) is 0 Å². The number of hydrogen-bond acceptors (Lipinski definition) is 4. The second kappa shape index (κ2) is 9.50. The van der Waals surface area contributed by atoms with Crippen LogP contribution in [0.4, 0.5) is 5.69 Å². The maximum absolute atomic E-state index is 12.9. The average Bonchev–Trinajstić information content (AvgIpc) is 2.66. The predicted molar refractivity (Wildman–Crippen MR) is 116 cm³/mol. The fourth-order valence-electron chi connectivity index (χ4n) is 3.45. The van der Waals surface area contributed by atoms with Crippen molar-refractivity contribution in [1.82, 2.24) is 4.90 Å². The molecule has 1 N–H and O–H groups in total. The molecule has 2 aromatic rings. The molecule has 0 spiro atoms. The lowest BCUT2D eigenvalue weighted by atomic mass is 9.92. The zero-order chi connectivity index (χ0) is 19.6. The number of carbonyl (C=O) groups excluding carboxylic acids is 1. The molecule has 1 aliphatic rings. The molecular weight excluding hydrogens is 399 g/mol. The van der Waals surface area contributed by atoms with Gasteiger partial charge in [0, 0.05) is 24.3 Å². The van der Waals surface area contributed by atoms with Crippen molar-refractivity contribution in [3.8, 4) is 11.5 Å². The molecule has 152 valence electrons. The van der Waals surface area contributed by atoms with Crippen LogP contribution in [0.1, 0.15) is 41.4 Å². The summed E-state index contributed by atoms with van der Waals surface area (Å²) in [6.45, 7) is 5.50. The van der Waals surface area contributed by atoms with Gasteiger partial charge in [-0.1, -0.05) is 23.7 Å². The zero-order valence-electron chi connectivity index (χ0n) is 16.5. The summed E-state index contributed by atoms with van der Waals surface area (Å²) in [5.74, 6) is 0.677. The van der Waals surface area contributed by atoms with Crippen molar-refractivity contribution < 1.29 is 14.3 Å². The Morgan fingerprint density at radius 2 is 2.07 bits per heavy atom. The number of halogens is 2. The molecule has 28 heavy (non-hydrogen) atoms. The number of anilines is 1. The summed E-state index contributed by atoms with van der Waals surface area (Å²) in [4.78, 5) is 15.3. The van der Waals surface area contributed by atoms with Gasteiger partial charge in [-0.05, 0) is 50.6 Å². The highest BCUT2D eigenvalue weighted by Gasteiger charge is 2.24. The van der Waals surface area contributed by atoms with Gasteiger partial charge in [-0.3, -0.25) is 9.69 Å². The van der Waals surface area contributed by atoms with E-state index >= 15 is 0 Å². The number of carbonyl (C=O) groups is 1. The molecule has 1 aliphatic heterocycles. The molecule has 0 bridgehead atoms. The Balaban J connectivity index is 0.00000280. The highest BCUT2D eigenvalue weighted by atomic mass is 35.5. The summed E-state index contributed by atoms with van der Waals surface area (Å²) in [5.41, 5.74) is 3.65. The molecule has 3 rings (SSSR count). The van der Waals surface area contributed by atoms with Crippen molar-refractivity contribution in [2.45, 2.75) is 26.3 Å². The fraction of sp³-hybridized carbons (Fsp3) is 0.381. The number of hydrogen-bond donors (Lipinski definition) is 1. The van der Waals surface area contributed by atoms with Crippen molar-refractivity contribution in [2.24, 2.45) is 0 Å². The number of ether oxygens (including phenoxy) is 2. The summed E-state index contributed by atoms with van der Waals surface area (Å²) in [6, 6.07) is 9.61. The Hall–Kier alpha value is -1.95. The van der Waals surface area contributed by atoms with Gasteiger partial charge >= 0.3 is 0 Å². The Kier molecular flexibility index (Phi) is 7.58. The Labute approximate surface area is 177 Å². The van der Waals surface area contributed by atoms with Crippen LogP contribution in [0.2, 0.25) is 5.02 Å². The molecule has 1 heterocycles. The highest BCUT2D eigenvalue weighted by molar-refractivity contribution is 6.32. The van der Waals surface area contributed by atoms with E-state index in [1.54, 1.807) is 12.1 Å². The largest absolute Gasteiger partial charge is 0.496 e. The maximum atomic E-state index is 12.9. The van der Waals surface area contributed by atoms with Crippen LogP contribution in [0.25, 0.3) is 0 Å². The van der Waals surface area contributed by atoms with E-state index in [2.05, 4.69) is 30.3 Å². The van der Waals surface area contributed by atoms with Gasteiger partial charge in [0.05, 0.1) is 24.3 Å². The molecule has 7 heteroatoms. The van der Waals surface area contributed by atoms with Crippen LogP contribution >= 0.6 is 24.0 Å². The third kappa shape index (κ3) is 4.37. The summed E-state index contributed by atoms with van der Waals surface area (Å²) in [6.07, 6.45) is 0.897. The van der Waals surface area contributed by atoms with Crippen LogP contribution < -0.4 is 14.8 Å². The second-order valence-electron chi connectivity index (χ2n) is 6.65. The molecule has 1 amide bonds. The molecular formula is C21H26Cl2N2O3. The number of amides is 1. The number of benzene rings is 2. The summed E-state index contributed by atoms with van der Waals surface area (Å²) in [7, 11) is 3.64. The molecule has 1 atom stereocenters. The van der Waals surface area contributed by atoms with Crippen LogP contribution in [-0.2, 0) is 6.42 Å². The number of nitrogens with one attached hydrogen (secondary N) is 1. The van der Waals surface area contributed by atoms with E-state index in [-0.39, 0.29) is 18.3 Å². The van der Waals surface area contributed by atoms with Crippen molar-refractivity contribution >= 4 is 35.6 Å². The van der Waals surface area contributed by atoms with Gasteiger partial charge in [0.1, 0.15) is 11.5 Å². The van der Waals surface area contributed by atoms with Gasteiger partial charge in [0.2, 0.25) is 0 Å². The van der Waals surface area contributed by atoms with Crippen LogP contribution in [-0.4, -0.2) is 38.1 Å². The number of fused-ring (bicyclic) bond motifs is 1. The fourth-order valence-corrected chi connectivity index (χ4v) is 3.67. The third-order valence-corrected chi connectivity index (χ3v) is 5.38. The molecule has 1 unspecified atom stereocenters. The summed E-state index contributed by atoms with van der Waals surface area (Å²) in [5, 5.41) is 3.42. The highest BCUT2D eigenvalue weighted by Crippen LogP contribution is 2.35. The number of methoxy groups -OCH3 is 1. The maximum Gasteiger partial charge on any atom is 0.259 e. The predicted octanol–water partition coefficient (Wildman–Crippen LogP) is 4.97. The SMILES string of the molecule is CCOc1cc(OC)c(C(=O)Nc2cccc3c2CCN(C)C3C)cc1Cl.Cl. The van der Waals surface area contributed by atoms with Gasteiger partial charge in [-0.25, -0.2) is 0 Å². The third-order valence-electron chi connectivity index (χ3n) is 5.08. The Bertz CT molecular complexity index is 858. The van der Waals surface area contributed by atoms with E-state index in [4.69, 9.17) is 21.1 Å². The first-order valence-electron chi connectivity index (χ1n) is 9.10. The summed E-state index contributed by atoms with van der Waals surface area (Å²) >= 11 is 6.27. The first-order valence-corrected chi connectivity index (χ1v) is 9.47. The minimum atomic E-state index is -0.253. The Morgan fingerprint density at radius 1 is 1.32 bits per heavy atom. The van der Waals surface area contributed by atoms with Crippen molar-refractivity contribution in [1.29, 1.82) is 0 Å². The van der Waals surface area contributed by atoms with Crippen molar-refractivity contribution in [2.75, 3.05) is 32.6 Å². The van der Waals surface area contributed by atoms with E-state index in [1.807, 2.05) is 19.1 Å². The normalized spacial score (nSPS) is 16.0. The van der Waals surface area contributed by atoms with Crippen molar-refractivity contribution in [3.05, 3.63) is 52.0 Å².